The second-order valence-corrected chi connectivity index (χ2v) is 6.15. The average Bonchev–Trinajstić information content (AvgIpc) is 2.13. The number of hydrogen-bond acceptors (Lipinski definition) is 3. The average molecular weight is 234 g/mol. The van der Waals surface area contributed by atoms with Gasteiger partial charge < -0.3 is 5.32 Å². The number of nitrogens with zero attached hydrogens (tertiary/aromatic N) is 1. The van der Waals surface area contributed by atoms with Gasteiger partial charge in [0.2, 0.25) is 10.0 Å². The third kappa shape index (κ3) is 4.32. The predicted molar refractivity (Wildman–Crippen MR) is 64.4 cm³/mol. The molecule has 5 heteroatoms. The van der Waals surface area contributed by atoms with E-state index in [1.807, 2.05) is 13.8 Å². The van der Waals surface area contributed by atoms with Crippen molar-refractivity contribution >= 4 is 10.0 Å². The van der Waals surface area contributed by atoms with Crippen LogP contribution in [0.3, 0.4) is 0 Å². The van der Waals surface area contributed by atoms with Gasteiger partial charge in [0.05, 0.1) is 5.25 Å². The lowest BCUT2D eigenvalue weighted by atomic mass is 10.3. The van der Waals surface area contributed by atoms with Crippen LogP contribution >= 0.6 is 0 Å². The highest BCUT2D eigenvalue weighted by atomic mass is 32.2. The minimum absolute atomic E-state index is 0.401. The normalized spacial score (nSPS) is 14.2. The zero-order valence-corrected chi connectivity index (χ0v) is 10.9. The van der Waals surface area contributed by atoms with Crippen LogP contribution in [0.15, 0.2) is 12.2 Å². The van der Waals surface area contributed by atoms with E-state index < -0.39 is 15.3 Å². The monoisotopic (exact) mass is 234 g/mol. The maximum Gasteiger partial charge on any atom is 0.218 e. The first-order chi connectivity index (χ1) is 6.86. The van der Waals surface area contributed by atoms with Crippen LogP contribution in [-0.4, -0.2) is 44.7 Å². The number of rotatable bonds is 7. The first kappa shape index (κ1) is 14.6. The van der Waals surface area contributed by atoms with Crippen molar-refractivity contribution in [3.63, 3.8) is 0 Å². The molecule has 1 atom stereocenters. The third-order valence-electron chi connectivity index (χ3n) is 2.16. The summed E-state index contributed by atoms with van der Waals surface area (Å²) in [6.45, 7) is 10.5. The first-order valence-corrected chi connectivity index (χ1v) is 6.64. The Balaban J connectivity index is 4.72. The Labute approximate surface area is 93.4 Å². The highest BCUT2D eigenvalue weighted by Gasteiger charge is 2.26. The Bertz CT molecular complexity index is 299. The van der Waals surface area contributed by atoms with E-state index >= 15 is 0 Å². The van der Waals surface area contributed by atoms with Crippen LogP contribution in [-0.2, 0) is 10.0 Å². The number of likely N-dealkylation sites (N-methyl/N-ethyl adjacent to an activating group) is 1. The molecule has 0 saturated heterocycles. The maximum absolute atomic E-state index is 12.0. The molecule has 1 unspecified atom stereocenters. The van der Waals surface area contributed by atoms with Gasteiger partial charge in [0.1, 0.15) is 0 Å². The molecule has 0 spiro atoms. The summed E-state index contributed by atoms with van der Waals surface area (Å²) in [5, 5.41) is 2.48. The van der Waals surface area contributed by atoms with Crippen LogP contribution in [0.5, 0.6) is 0 Å². The molecule has 0 saturated carbocycles. The molecule has 0 heterocycles. The fraction of sp³-hybridized carbons (Fsp3) is 0.800. The van der Waals surface area contributed by atoms with Crippen molar-refractivity contribution in [3.8, 4) is 0 Å². The van der Waals surface area contributed by atoms with Gasteiger partial charge in [0.25, 0.3) is 0 Å². The summed E-state index contributed by atoms with van der Waals surface area (Å²) in [5.74, 6) is 0. The van der Waals surface area contributed by atoms with Crippen molar-refractivity contribution in [1.29, 1.82) is 0 Å². The second kappa shape index (κ2) is 6.25. The minimum atomic E-state index is -3.20. The summed E-state index contributed by atoms with van der Waals surface area (Å²) < 4.78 is 25.5. The smallest absolute Gasteiger partial charge is 0.218 e. The van der Waals surface area contributed by atoms with Crippen molar-refractivity contribution in [2.45, 2.75) is 26.0 Å². The van der Waals surface area contributed by atoms with Gasteiger partial charge in [-0.25, -0.2) is 8.42 Å². The number of sulfonamides is 1. The molecule has 0 radical (unpaired) electrons. The van der Waals surface area contributed by atoms with Crippen molar-refractivity contribution in [1.82, 2.24) is 9.62 Å². The van der Waals surface area contributed by atoms with Crippen molar-refractivity contribution in [2.24, 2.45) is 0 Å². The van der Waals surface area contributed by atoms with Gasteiger partial charge in [-0.2, -0.15) is 4.31 Å². The summed E-state index contributed by atoms with van der Waals surface area (Å²) in [5.41, 5.74) is 0.858. The molecular formula is C10H22N2O2S. The van der Waals surface area contributed by atoms with Crippen LogP contribution in [0.4, 0.5) is 0 Å². The summed E-state index contributed by atoms with van der Waals surface area (Å²) in [7, 11) is -1.45. The maximum atomic E-state index is 12.0. The summed E-state index contributed by atoms with van der Waals surface area (Å²) >= 11 is 0. The van der Waals surface area contributed by atoms with Crippen molar-refractivity contribution < 1.29 is 8.42 Å². The molecule has 1 N–H and O–H groups in total. The van der Waals surface area contributed by atoms with Gasteiger partial charge in [-0.3, -0.25) is 0 Å². The molecule has 15 heavy (non-hydrogen) atoms. The zero-order valence-electron chi connectivity index (χ0n) is 10.1. The highest BCUT2D eigenvalue weighted by molar-refractivity contribution is 7.89. The standard InChI is InChI=1S/C10H22N2O2S/c1-6-12(8-9(2)3)15(13,14)10(4)7-11-5/h10-11H,2,6-8H2,1,3-5H3. The van der Waals surface area contributed by atoms with Crippen LogP contribution in [0.25, 0.3) is 0 Å². The Hall–Kier alpha value is -0.390. The van der Waals surface area contributed by atoms with Crippen LogP contribution < -0.4 is 5.32 Å². The molecule has 0 rings (SSSR count). The molecule has 0 aromatic carbocycles. The molecule has 0 bridgehead atoms. The van der Waals surface area contributed by atoms with Crippen molar-refractivity contribution in [3.05, 3.63) is 12.2 Å². The summed E-state index contributed by atoms with van der Waals surface area (Å²) in [6.07, 6.45) is 0. The first-order valence-electron chi connectivity index (χ1n) is 5.14. The van der Waals surface area contributed by atoms with Crippen LogP contribution in [0.2, 0.25) is 0 Å². The van der Waals surface area contributed by atoms with Gasteiger partial charge in [-0.1, -0.05) is 19.1 Å². The lowest BCUT2D eigenvalue weighted by Crippen LogP contribution is -2.42. The molecule has 0 amide bonds. The number of hydrogen-bond donors (Lipinski definition) is 1. The molecule has 0 aromatic heterocycles. The molecule has 0 aromatic rings. The highest BCUT2D eigenvalue weighted by Crippen LogP contribution is 2.10. The largest absolute Gasteiger partial charge is 0.318 e. The van der Waals surface area contributed by atoms with Gasteiger partial charge >= 0.3 is 0 Å². The van der Waals surface area contributed by atoms with Crippen molar-refractivity contribution in [2.75, 3.05) is 26.7 Å². The SMILES string of the molecule is C=C(C)CN(CC)S(=O)(=O)C(C)CNC. The van der Waals surface area contributed by atoms with E-state index in [2.05, 4.69) is 11.9 Å². The lowest BCUT2D eigenvalue weighted by molar-refractivity contribution is 0.442. The molecule has 0 aliphatic heterocycles. The quantitative estimate of drug-likeness (QED) is 0.664. The van der Waals surface area contributed by atoms with E-state index in [0.717, 1.165) is 5.57 Å². The van der Waals surface area contributed by atoms with E-state index in [0.29, 0.717) is 19.6 Å². The van der Waals surface area contributed by atoms with E-state index in [-0.39, 0.29) is 0 Å². The van der Waals surface area contributed by atoms with E-state index in [4.69, 9.17) is 0 Å². The van der Waals surface area contributed by atoms with Crippen LogP contribution in [0.1, 0.15) is 20.8 Å². The Morgan fingerprint density at radius 1 is 1.53 bits per heavy atom. The Morgan fingerprint density at radius 2 is 2.07 bits per heavy atom. The minimum Gasteiger partial charge on any atom is -0.318 e. The van der Waals surface area contributed by atoms with E-state index in [1.54, 1.807) is 14.0 Å². The molecule has 0 fully saturated rings. The molecule has 90 valence electrons. The second-order valence-electron chi connectivity index (χ2n) is 3.80. The lowest BCUT2D eigenvalue weighted by Gasteiger charge is -2.24. The van der Waals surface area contributed by atoms with E-state index in [1.165, 1.54) is 4.31 Å². The molecule has 4 nitrogen and oxygen atoms in total. The number of nitrogens with one attached hydrogen (secondary N) is 1. The fourth-order valence-corrected chi connectivity index (χ4v) is 2.98. The summed E-state index contributed by atoms with van der Waals surface area (Å²) in [4.78, 5) is 0. The topological polar surface area (TPSA) is 49.4 Å². The van der Waals surface area contributed by atoms with Gasteiger partial charge in [-0.05, 0) is 20.9 Å². The summed E-state index contributed by atoms with van der Waals surface area (Å²) in [6, 6.07) is 0. The predicted octanol–water partition coefficient (Wildman–Crippen LogP) is 0.822. The van der Waals surface area contributed by atoms with Crippen LogP contribution in [0, 0.1) is 0 Å². The Kier molecular flexibility index (Phi) is 6.09. The van der Waals surface area contributed by atoms with Gasteiger partial charge in [0, 0.05) is 19.6 Å². The molecular weight excluding hydrogens is 212 g/mol. The molecule has 0 aliphatic carbocycles. The van der Waals surface area contributed by atoms with Gasteiger partial charge in [-0.15, -0.1) is 0 Å². The third-order valence-corrected chi connectivity index (χ3v) is 4.45. The van der Waals surface area contributed by atoms with Gasteiger partial charge in [0.15, 0.2) is 0 Å². The Morgan fingerprint density at radius 3 is 2.40 bits per heavy atom. The zero-order chi connectivity index (χ0) is 12.1. The van der Waals surface area contributed by atoms with E-state index in [9.17, 15) is 8.42 Å². The molecule has 0 aliphatic rings. The fourth-order valence-electron chi connectivity index (χ4n) is 1.33.